The van der Waals surface area contributed by atoms with Gasteiger partial charge in [-0.3, -0.25) is 4.99 Å². The lowest BCUT2D eigenvalue weighted by molar-refractivity contribution is 0.152. The summed E-state index contributed by atoms with van der Waals surface area (Å²) in [6.45, 7) is 4.98. The number of hydrogen-bond acceptors (Lipinski definition) is 2. The van der Waals surface area contributed by atoms with Crippen molar-refractivity contribution in [1.29, 1.82) is 0 Å². The fourth-order valence-electron chi connectivity index (χ4n) is 1.62. The zero-order valence-corrected chi connectivity index (χ0v) is 12.3. The van der Waals surface area contributed by atoms with Gasteiger partial charge in [-0.1, -0.05) is 23.7 Å². The van der Waals surface area contributed by atoms with Crippen molar-refractivity contribution < 1.29 is 4.74 Å². The highest BCUT2D eigenvalue weighted by atomic mass is 35.5. The van der Waals surface area contributed by atoms with Gasteiger partial charge in [-0.05, 0) is 31.0 Å². The van der Waals surface area contributed by atoms with Gasteiger partial charge in [0, 0.05) is 31.8 Å². The molecule has 106 valence electrons. The molecule has 5 heteroatoms. The van der Waals surface area contributed by atoms with Gasteiger partial charge >= 0.3 is 0 Å². The standard InChI is InChI=1S/C14H22ClN3O/c1-3-19-10-9-18-14(16-2)17-8-7-12-5-4-6-13(15)11-12/h4-6,11H,3,7-10H2,1-2H3,(H2,16,17,18). The van der Waals surface area contributed by atoms with E-state index in [4.69, 9.17) is 16.3 Å². The Morgan fingerprint density at radius 1 is 1.32 bits per heavy atom. The first-order valence-corrected chi connectivity index (χ1v) is 6.90. The molecule has 0 bridgehead atoms. The molecule has 0 aliphatic rings. The van der Waals surface area contributed by atoms with E-state index in [1.165, 1.54) is 5.56 Å². The average molecular weight is 284 g/mol. The minimum absolute atomic E-state index is 0.686. The molecular formula is C14H22ClN3O. The third-order valence-corrected chi connectivity index (χ3v) is 2.80. The smallest absolute Gasteiger partial charge is 0.191 e. The number of guanidine groups is 1. The Kier molecular flexibility index (Phi) is 8.02. The van der Waals surface area contributed by atoms with Crippen LogP contribution in [0.25, 0.3) is 0 Å². The molecule has 0 unspecified atom stereocenters. The molecule has 1 aromatic rings. The van der Waals surface area contributed by atoms with E-state index >= 15 is 0 Å². The maximum absolute atomic E-state index is 5.94. The van der Waals surface area contributed by atoms with Gasteiger partial charge in [-0.25, -0.2) is 0 Å². The minimum Gasteiger partial charge on any atom is -0.380 e. The van der Waals surface area contributed by atoms with Gasteiger partial charge < -0.3 is 15.4 Å². The molecule has 1 rings (SSSR count). The fourth-order valence-corrected chi connectivity index (χ4v) is 1.84. The summed E-state index contributed by atoms with van der Waals surface area (Å²) < 4.78 is 5.26. The van der Waals surface area contributed by atoms with Crippen molar-refractivity contribution in [3.8, 4) is 0 Å². The van der Waals surface area contributed by atoms with Crippen LogP contribution in [0.5, 0.6) is 0 Å². The molecule has 2 N–H and O–H groups in total. The van der Waals surface area contributed by atoms with Crippen LogP contribution in [0.15, 0.2) is 29.3 Å². The van der Waals surface area contributed by atoms with E-state index in [-0.39, 0.29) is 0 Å². The van der Waals surface area contributed by atoms with Crippen molar-refractivity contribution in [2.24, 2.45) is 4.99 Å². The van der Waals surface area contributed by atoms with Crippen LogP contribution in [0.4, 0.5) is 0 Å². The first-order valence-electron chi connectivity index (χ1n) is 6.53. The number of halogens is 1. The van der Waals surface area contributed by atoms with Crippen molar-refractivity contribution >= 4 is 17.6 Å². The Morgan fingerprint density at radius 3 is 2.79 bits per heavy atom. The number of ether oxygens (including phenoxy) is 1. The average Bonchev–Trinajstić information content (AvgIpc) is 2.41. The largest absolute Gasteiger partial charge is 0.380 e. The van der Waals surface area contributed by atoms with E-state index in [0.717, 1.165) is 37.1 Å². The number of benzene rings is 1. The lowest BCUT2D eigenvalue weighted by Crippen LogP contribution is -2.39. The van der Waals surface area contributed by atoms with Crippen LogP contribution in [-0.2, 0) is 11.2 Å². The second kappa shape index (κ2) is 9.64. The molecule has 19 heavy (non-hydrogen) atoms. The van der Waals surface area contributed by atoms with Crippen LogP contribution in [0.3, 0.4) is 0 Å². The van der Waals surface area contributed by atoms with Gasteiger partial charge in [-0.2, -0.15) is 0 Å². The topological polar surface area (TPSA) is 45.6 Å². The summed E-state index contributed by atoms with van der Waals surface area (Å²) in [5.41, 5.74) is 1.21. The zero-order chi connectivity index (χ0) is 13.9. The summed E-state index contributed by atoms with van der Waals surface area (Å²) >= 11 is 5.94. The van der Waals surface area contributed by atoms with Gasteiger partial charge in [0.2, 0.25) is 0 Å². The third-order valence-electron chi connectivity index (χ3n) is 2.56. The van der Waals surface area contributed by atoms with Crippen LogP contribution in [-0.4, -0.2) is 39.3 Å². The van der Waals surface area contributed by atoms with Crippen molar-refractivity contribution in [1.82, 2.24) is 10.6 Å². The van der Waals surface area contributed by atoms with Crippen LogP contribution in [0, 0.1) is 0 Å². The van der Waals surface area contributed by atoms with E-state index in [1.807, 2.05) is 25.1 Å². The maximum Gasteiger partial charge on any atom is 0.191 e. The fraction of sp³-hybridized carbons (Fsp3) is 0.500. The second-order valence-corrected chi connectivity index (χ2v) is 4.44. The number of nitrogens with zero attached hydrogens (tertiary/aromatic N) is 1. The Labute approximate surface area is 120 Å². The van der Waals surface area contributed by atoms with E-state index in [2.05, 4.69) is 21.7 Å². The summed E-state index contributed by atoms with van der Waals surface area (Å²) in [5.74, 6) is 0.793. The number of aliphatic imine (C=N–C) groups is 1. The van der Waals surface area contributed by atoms with Crippen molar-refractivity contribution in [3.63, 3.8) is 0 Å². The SMILES string of the molecule is CCOCCNC(=NC)NCCc1cccc(Cl)c1. The number of rotatable bonds is 7. The Balaban J connectivity index is 2.22. The van der Waals surface area contributed by atoms with E-state index in [0.29, 0.717) is 6.61 Å². The highest BCUT2D eigenvalue weighted by Crippen LogP contribution is 2.10. The summed E-state index contributed by atoms with van der Waals surface area (Å²) in [6.07, 6.45) is 0.909. The molecule has 0 fully saturated rings. The lowest BCUT2D eigenvalue weighted by atomic mass is 10.1. The molecule has 0 aromatic heterocycles. The molecule has 0 atom stereocenters. The summed E-state index contributed by atoms with van der Waals surface area (Å²) in [7, 11) is 1.76. The van der Waals surface area contributed by atoms with Gasteiger partial charge in [0.25, 0.3) is 0 Å². The Hall–Kier alpha value is -1.26. The quantitative estimate of drug-likeness (QED) is 0.458. The molecule has 0 spiro atoms. The zero-order valence-electron chi connectivity index (χ0n) is 11.6. The van der Waals surface area contributed by atoms with Gasteiger partial charge in [0.1, 0.15) is 0 Å². The van der Waals surface area contributed by atoms with Crippen molar-refractivity contribution in [3.05, 3.63) is 34.9 Å². The highest BCUT2D eigenvalue weighted by Gasteiger charge is 1.98. The van der Waals surface area contributed by atoms with E-state index in [9.17, 15) is 0 Å². The molecule has 0 heterocycles. The normalized spacial score (nSPS) is 11.4. The highest BCUT2D eigenvalue weighted by molar-refractivity contribution is 6.30. The molecule has 0 saturated carbocycles. The first kappa shape index (κ1) is 15.8. The van der Waals surface area contributed by atoms with Crippen LogP contribution in [0.2, 0.25) is 5.02 Å². The monoisotopic (exact) mass is 283 g/mol. The van der Waals surface area contributed by atoms with Gasteiger partial charge in [0.15, 0.2) is 5.96 Å². The molecule has 0 radical (unpaired) electrons. The number of nitrogens with one attached hydrogen (secondary N) is 2. The lowest BCUT2D eigenvalue weighted by Gasteiger charge is -2.11. The predicted octanol–water partition coefficient (Wildman–Crippen LogP) is 2.08. The maximum atomic E-state index is 5.94. The Bertz CT molecular complexity index is 396. The second-order valence-electron chi connectivity index (χ2n) is 4.00. The first-order chi connectivity index (χ1) is 9.26. The molecule has 0 saturated heterocycles. The summed E-state index contributed by atoms with van der Waals surface area (Å²) in [6, 6.07) is 7.90. The molecule has 0 aliphatic carbocycles. The van der Waals surface area contributed by atoms with Gasteiger partial charge in [-0.15, -0.1) is 0 Å². The summed E-state index contributed by atoms with van der Waals surface area (Å²) in [4.78, 5) is 4.15. The van der Waals surface area contributed by atoms with Crippen molar-refractivity contribution in [2.75, 3.05) is 33.4 Å². The molecule has 4 nitrogen and oxygen atoms in total. The molecule has 0 aliphatic heterocycles. The number of hydrogen-bond donors (Lipinski definition) is 2. The van der Waals surface area contributed by atoms with Gasteiger partial charge in [0.05, 0.1) is 6.61 Å². The third kappa shape index (κ3) is 7.03. The Morgan fingerprint density at radius 2 is 2.11 bits per heavy atom. The molecule has 1 aromatic carbocycles. The van der Waals surface area contributed by atoms with Crippen LogP contribution in [0.1, 0.15) is 12.5 Å². The minimum atomic E-state index is 0.686. The van der Waals surface area contributed by atoms with E-state index < -0.39 is 0 Å². The van der Waals surface area contributed by atoms with E-state index in [1.54, 1.807) is 7.05 Å². The van der Waals surface area contributed by atoms with Crippen molar-refractivity contribution in [2.45, 2.75) is 13.3 Å². The molecule has 0 amide bonds. The summed E-state index contributed by atoms with van der Waals surface area (Å²) in [5, 5.41) is 7.22. The van der Waals surface area contributed by atoms with Crippen LogP contribution >= 0.6 is 11.6 Å². The predicted molar refractivity (Wildman–Crippen MR) is 81.0 cm³/mol. The molecular weight excluding hydrogens is 262 g/mol. The van der Waals surface area contributed by atoms with Crippen LogP contribution < -0.4 is 10.6 Å².